The van der Waals surface area contributed by atoms with Gasteiger partial charge in [0.1, 0.15) is 5.69 Å². The van der Waals surface area contributed by atoms with Gasteiger partial charge in [0.05, 0.1) is 13.2 Å². The molecular weight excluding hydrogens is 292 g/mol. The van der Waals surface area contributed by atoms with Crippen molar-refractivity contribution in [3.8, 4) is 0 Å². The van der Waals surface area contributed by atoms with E-state index in [1.807, 2.05) is 25.1 Å². The molecule has 0 radical (unpaired) electrons. The number of ether oxygens (including phenoxy) is 1. The van der Waals surface area contributed by atoms with E-state index in [0.717, 1.165) is 38.5 Å². The molecule has 23 heavy (non-hydrogen) atoms. The SMILES string of the molecule is CCn1nccc1C(=O)Nc1cccc(CN2CCOCC2)c1. The Morgan fingerprint density at radius 3 is 2.91 bits per heavy atom. The van der Waals surface area contributed by atoms with E-state index in [2.05, 4.69) is 21.4 Å². The molecule has 1 saturated heterocycles. The van der Waals surface area contributed by atoms with Gasteiger partial charge in [-0.2, -0.15) is 5.10 Å². The second kappa shape index (κ2) is 7.39. The molecule has 2 heterocycles. The van der Waals surface area contributed by atoms with Crippen molar-refractivity contribution in [1.29, 1.82) is 0 Å². The number of hydrogen-bond donors (Lipinski definition) is 1. The highest BCUT2D eigenvalue weighted by molar-refractivity contribution is 6.03. The van der Waals surface area contributed by atoms with Crippen molar-refractivity contribution in [2.45, 2.75) is 20.0 Å². The first kappa shape index (κ1) is 15.7. The molecule has 3 rings (SSSR count). The fourth-order valence-corrected chi connectivity index (χ4v) is 2.74. The molecule has 0 atom stereocenters. The van der Waals surface area contributed by atoms with Gasteiger partial charge in [-0.1, -0.05) is 12.1 Å². The standard InChI is InChI=1S/C17H22N4O2/c1-2-21-16(6-7-18-21)17(22)19-15-5-3-4-14(12-15)13-20-8-10-23-11-9-20/h3-7,12H,2,8-11,13H2,1H3,(H,19,22). The Morgan fingerprint density at radius 1 is 1.30 bits per heavy atom. The number of hydrogen-bond acceptors (Lipinski definition) is 4. The lowest BCUT2D eigenvalue weighted by atomic mass is 10.1. The van der Waals surface area contributed by atoms with Gasteiger partial charge in [-0.05, 0) is 30.7 Å². The summed E-state index contributed by atoms with van der Waals surface area (Å²) in [4.78, 5) is 14.7. The first-order chi connectivity index (χ1) is 11.3. The van der Waals surface area contributed by atoms with Crippen LogP contribution in [0.25, 0.3) is 0 Å². The quantitative estimate of drug-likeness (QED) is 0.917. The number of aromatic nitrogens is 2. The van der Waals surface area contributed by atoms with Crippen LogP contribution < -0.4 is 5.32 Å². The van der Waals surface area contributed by atoms with Crippen molar-refractivity contribution >= 4 is 11.6 Å². The first-order valence-corrected chi connectivity index (χ1v) is 7.98. The predicted molar refractivity (Wildman–Crippen MR) is 88.4 cm³/mol. The number of carbonyl (C=O) groups is 1. The maximum Gasteiger partial charge on any atom is 0.273 e. The van der Waals surface area contributed by atoms with E-state index in [0.29, 0.717) is 12.2 Å². The molecular formula is C17H22N4O2. The Morgan fingerprint density at radius 2 is 2.13 bits per heavy atom. The van der Waals surface area contributed by atoms with E-state index < -0.39 is 0 Å². The minimum atomic E-state index is -0.132. The van der Waals surface area contributed by atoms with Crippen molar-refractivity contribution < 1.29 is 9.53 Å². The number of benzene rings is 1. The van der Waals surface area contributed by atoms with Crippen molar-refractivity contribution in [2.24, 2.45) is 0 Å². The molecule has 0 aliphatic carbocycles. The zero-order valence-corrected chi connectivity index (χ0v) is 13.4. The third-order valence-corrected chi connectivity index (χ3v) is 3.94. The molecule has 1 fully saturated rings. The molecule has 1 aromatic heterocycles. The van der Waals surface area contributed by atoms with Crippen molar-refractivity contribution in [2.75, 3.05) is 31.6 Å². The molecule has 1 aliphatic heterocycles. The summed E-state index contributed by atoms with van der Waals surface area (Å²) in [6.45, 7) is 6.99. The summed E-state index contributed by atoms with van der Waals surface area (Å²) in [6, 6.07) is 9.73. The number of morpholine rings is 1. The van der Waals surface area contributed by atoms with E-state index in [4.69, 9.17) is 4.74 Å². The molecule has 6 heteroatoms. The van der Waals surface area contributed by atoms with Gasteiger partial charge in [-0.25, -0.2) is 0 Å². The van der Waals surface area contributed by atoms with Gasteiger partial charge in [0.2, 0.25) is 0 Å². The monoisotopic (exact) mass is 314 g/mol. The van der Waals surface area contributed by atoms with Gasteiger partial charge in [0.25, 0.3) is 5.91 Å². The maximum absolute atomic E-state index is 12.4. The fraction of sp³-hybridized carbons (Fsp3) is 0.412. The molecule has 0 spiro atoms. The van der Waals surface area contributed by atoms with Crippen molar-refractivity contribution in [3.05, 3.63) is 47.8 Å². The molecule has 0 saturated carbocycles. The first-order valence-electron chi connectivity index (χ1n) is 7.98. The van der Waals surface area contributed by atoms with E-state index >= 15 is 0 Å². The minimum absolute atomic E-state index is 0.132. The maximum atomic E-state index is 12.4. The van der Waals surface area contributed by atoms with Crippen molar-refractivity contribution in [3.63, 3.8) is 0 Å². The van der Waals surface area contributed by atoms with Crippen LogP contribution in [-0.4, -0.2) is 46.9 Å². The van der Waals surface area contributed by atoms with Gasteiger partial charge >= 0.3 is 0 Å². The second-order valence-electron chi connectivity index (χ2n) is 5.58. The Bertz CT molecular complexity index is 662. The Hall–Kier alpha value is -2.18. The summed E-state index contributed by atoms with van der Waals surface area (Å²) in [5.41, 5.74) is 2.57. The van der Waals surface area contributed by atoms with Crippen LogP contribution in [0.15, 0.2) is 36.5 Å². The summed E-state index contributed by atoms with van der Waals surface area (Å²) in [5.74, 6) is -0.132. The summed E-state index contributed by atoms with van der Waals surface area (Å²) >= 11 is 0. The smallest absolute Gasteiger partial charge is 0.273 e. The Labute approximate surface area is 136 Å². The molecule has 1 aliphatic rings. The lowest BCUT2D eigenvalue weighted by Crippen LogP contribution is -2.35. The number of rotatable bonds is 5. The summed E-state index contributed by atoms with van der Waals surface area (Å²) in [6.07, 6.45) is 1.65. The van der Waals surface area contributed by atoms with E-state index in [9.17, 15) is 4.79 Å². The van der Waals surface area contributed by atoms with Crippen molar-refractivity contribution in [1.82, 2.24) is 14.7 Å². The Balaban J connectivity index is 1.66. The van der Waals surface area contributed by atoms with Crippen LogP contribution in [0.4, 0.5) is 5.69 Å². The summed E-state index contributed by atoms with van der Waals surface area (Å²) in [5, 5.41) is 7.08. The van der Waals surface area contributed by atoms with Crippen LogP contribution in [0, 0.1) is 0 Å². The van der Waals surface area contributed by atoms with Crippen LogP contribution in [0.5, 0.6) is 0 Å². The van der Waals surface area contributed by atoms with Gasteiger partial charge < -0.3 is 10.1 Å². The minimum Gasteiger partial charge on any atom is -0.379 e. The highest BCUT2D eigenvalue weighted by Gasteiger charge is 2.13. The molecule has 2 aromatic rings. The lowest BCUT2D eigenvalue weighted by Gasteiger charge is -2.26. The predicted octanol–water partition coefficient (Wildman–Crippen LogP) is 1.99. The molecule has 1 amide bonds. The Kier molecular flexibility index (Phi) is 5.05. The second-order valence-corrected chi connectivity index (χ2v) is 5.58. The topological polar surface area (TPSA) is 59.4 Å². The van der Waals surface area contributed by atoms with Gasteiger partial charge in [0.15, 0.2) is 0 Å². The van der Waals surface area contributed by atoms with E-state index in [1.54, 1.807) is 16.9 Å². The van der Waals surface area contributed by atoms with Gasteiger partial charge in [-0.3, -0.25) is 14.4 Å². The number of nitrogens with one attached hydrogen (secondary N) is 1. The molecule has 1 N–H and O–H groups in total. The number of anilines is 1. The molecule has 122 valence electrons. The van der Waals surface area contributed by atoms with Gasteiger partial charge in [0, 0.05) is 38.1 Å². The number of nitrogens with zero attached hydrogens (tertiary/aromatic N) is 3. The average molecular weight is 314 g/mol. The van der Waals surface area contributed by atoms with Crippen LogP contribution in [0.3, 0.4) is 0 Å². The van der Waals surface area contributed by atoms with Crippen LogP contribution >= 0.6 is 0 Å². The highest BCUT2D eigenvalue weighted by atomic mass is 16.5. The molecule has 0 bridgehead atoms. The van der Waals surface area contributed by atoms with E-state index in [1.165, 1.54) is 5.56 Å². The van der Waals surface area contributed by atoms with Crippen LogP contribution in [0.1, 0.15) is 23.0 Å². The number of aryl methyl sites for hydroxylation is 1. The third kappa shape index (κ3) is 3.97. The normalized spacial score (nSPS) is 15.5. The largest absolute Gasteiger partial charge is 0.379 e. The fourth-order valence-electron chi connectivity index (χ4n) is 2.74. The zero-order valence-electron chi connectivity index (χ0n) is 13.4. The van der Waals surface area contributed by atoms with Gasteiger partial charge in [-0.15, -0.1) is 0 Å². The summed E-state index contributed by atoms with van der Waals surface area (Å²) < 4.78 is 7.06. The highest BCUT2D eigenvalue weighted by Crippen LogP contribution is 2.15. The summed E-state index contributed by atoms with van der Waals surface area (Å²) in [7, 11) is 0. The molecule has 1 aromatic carbocycles. The average Bonchev–Trinajstić information content (AvgIpc) is 3.05. The zero-order chi connectivity index (χ0) is 16.1. The van der Waals surface area contributed by atoms with Crippen LogP contribution in [0.2, 0.25) is 0 Å². The van der Waals surface area contributed by atoms with Crippen LogP contribution in [-0.2, 0) is 17.8 Å². The third-order valence-electron chi connectivity index (χ3n) is 3.94. The molecule has 0 unspecified atom stereocenters. The lowest BCUT2D eigenvalue weighted by molar-refractivity contribution is 0.0342. The number of carbonyl (C=O) groups excluding carboxylic acids is 1. The van der Waals surface area contributed by atoms with E-state index in [-0.39, 0.29) is 5.91 Å². The molecule has 6 nitrogen and oxygen atoms in total. The number of amides is 1.